The normalized spacial score (nSPS) is 20.7. The zero-order valence-corrected chi connectivity index (χ0v) is 17.0. The second kappa shape index (κ2) is 9.28. The number of carbonyl (C=O) groups is 2. The lowest BCUT2D eigenvalue weighted by Crippen LogP contribution is -2.46. The van der Waals surface area contributed by atoms with Gasteiger partial charge in [0, 0.05) is 31.7 Å². The number of piperidine rings is 1. The summed E-state index contributed by atoms with van der Waals surface area (Å²) in [6, 6.07) is 5.82. The molecule has 2 heterocycles. The van der Waals surface area contributed by atoms with Gasteiger partial charge in [0.1, 0.15) is 17.6 Å². The Morgan fingerprint density at radius 2 is 1.96 bits per heavy atom. The number of amides is 1. The van der Waals surface area contributed by atoms with Crippen molar-refractivity contribution < 1.29 is 23.8 Å². The average Bonchev–Trinajstić information content (AvgIpc) is 2.90. The Balaban J connectivity index is 1.64. The Hall–Kier alpha value is -2.28. The van der Waals surface area contributed by atoms with Gasteiger partial charge in [0.15, 0.2) is 0 Å². The van der Waals surface area contributed by atoms with Crippen LogP contribution in [0.25, 0.3) is 0 Å². The molecule has 0 saturated carbocycles. The molecule has 154 valence electrons. The third kappa shape index (κ3) is 4.76. The Kier molecular flexibility index (Phi) is 6.78. The Morgan fingerprint density at radius 1 is 1.21 bits per heavy atom. The maximum absolute atomic E-state index is 12.9. The molecule has 0 unspecified atom stereocenters. The van der Waals surface area contributed by atoms with Crippen molar-refractivity contribution in [1.29, 1.82) is 0 Å². The number of likely N-dealkylation sites (tertiary alicyclic amines) is 1. The minimum Gasteiger partial charge on any atom is -0.497 e. The summed E-state index contributed by atoms with van der Waals surface area (Å²) in [5.41, 5.74) is 1.03. The molecule has 0 bridgehead atoms. The van der Waals surface area contributed by atoms with Gasteiger partial charge in [-0.3, -0.25) is 14.5 Å². The summed E-state index contributed by atoms with van der Waals surface area (Å²) in [5.74, 6) is 1.48. The van der Waals surface area contributed by atoms with Crippen LogP contribution in [0.4, 0.5) is 0 Å². The Labute approximate surface area is 166 Å². The zero-order valence-electron chi connectivity index (χ0n) is 17.0. The molecular weight excluding hydrogens is 360 g/mol. The van der Waals surface area contributed by atoms with E-state index >= 15 is 0 Å². The van der Waals surface area contributed by atoms with E-state index in [2.05, 4.69) is 11.8 Å². The van der Waals surface area contributed by atoms with Crippen molar-refractivity contribution in [2.24, 2.45) is 5.92 Å². The third-order valence-corrected chi connectivity index (χ3v) is 5.61. The minimum atomic E-state index is -0.173. The molecule has 2 aliphatic rings. The maximum Gasteiger partial charge on any atom is 0.308 e. The summed E-state index contributed by atoms with van der Waals surface area (Å²) >= 11 is 0. The fourth-order valence-electron chi connectivity index (χ4n) is 3.89. The van der Waals surface area contributed by atoms with Gasteiger partial charge in [-0.2, -0.15) is 0 Å². The molecular formula is C21H30N2O5. The van der Waals surface area contributed by atoms with Crippen LogP contribution in [0.2, 0.25) is 0 Å². The Morgan fingerprint density at radius 3 is 2.61 bits per heavy atom. The highest BCUT2D eigenvalue weighted by atomic mass is 16.5. The predicted octanol–water partition coefficient (Wildman–Crippen LogP) is 2.08. The van der Waals surface area contributed by atoms with Crippen LogP contribution >= 0.6 is 0 Å². The molecule has 0 N–H and O–H groups in total. The summed E-state index contributed by atoms with van der Waals surface area (Å²) in [5, 5.41) is 0. The lowest BCUT2D eigenvalue weighted by atomic mass is 9.97. The zero-order chi connectivity index (χ0) is 20.1. The molecule has 7 heteroatoms. The van der Waals surface area contributed by atoms with E-state index in [9.17, 15) is 9.59 Å². The first-order valence-electron chi connectivity index (χ1n) is 9.95. The number of hydrogen-bond acceptors (Lipinski definition) is 6. The van der Waals surface area contributed by atoms with Crippen LogP contribution in [0, 0.1) is 5.92 Å². The fourth-order valence-corrected chi connectivity index (χ4v) is 3.89. The van der Waals surface area contributed by atoms with Crippen molar-refractivity contribution in [2.45, 2.75) is 38.8 Å². The number of fused-ring (bicyclic) bond motifs is 1. The standard InChI is InChI=1S/C21H30N2O5/c1-4-17-13-22(12-16-11-18(26-2)5-6-19(16)28-17)14-20(24)23-9-7-15(8-10-23)21(25)27-3/h5-6,11,15,17H,4,7-10,12-14H2,1-3H3/t17-/m0/s1. The molecule has 1 amide bonds. The topological polar surface area (TPSA) is 68.3 Å². The van der Waals surface area contributed by atoms with Gasteiger partial charge in [-0.15, -0.1) is 0 Å². The van der Waals surface area contributed by atoms with Gasteiger partial charge in [-0.25, -0.2) is 0 Å². The highest BCUT2D eigenvalue weighted by Crippen LogP contribution is 2.29. The Bertz CT molecular complexity index is 700. The van der Waals surface area contributed by atoms with Crippen LogP contribution in [0.5, 0.6) is 11.5 Å². The highest BCUT2D eigenvalue weighted by molar-refractivity contribution is 5.79. The number of hydrogen-bond donors (Lipinski definition) is 0. The summed E-state index contributed by atoms with van der Waals surface area (Å²) in [6.07, 6.45) is 2.26. The average molecular weight is 390 g/mol. The van der Waals surface area contributed by atoms with E-state index < -0.39 is 0 Å². The van der Waals surface area contributed by atoms with E-state index in [4.69, 9.17) is 14.2 Å². The molecule has 1 aromatic rings. The van der Waals surface area contributed by atoms with Crippen molar-refractivity contribution in [3.8, 4) is 11.5 Å². The number of nitrogens with zero attached hydrogens (tertiary/aromatic N) is 2. The molecule has 1 atom stereocenters. The van der Waals surface area contributed by atoms with Crippen LogP contribution in [-0.2, 0) is 20.9 Å². The molecule has 7 nitrogen and oxygen atoms in total. The lowest BCUT2D eigenvalue weighted by molar-refractivity contribution is -0.149. The molecule has 28 heavy (non-hydrogen) atoms. The first-order chi connectivity index (χ1) is 13.5. The molecule has 3 rings (SSSR count). The number of methoxy groups -OCH3 is 2. The molecule has 0 aliphatic carbocycles. The largest absolute Gasteiger partial charge is 0.497 e. The second-order valence-electron chi connectivity index (χ2n) is 7.47. The molecule has 0 radical (unpaired) electrons. The fraction of sp³-hybridized carbons (Fsp3) is 0.619. The van der Waals surface area contributed by atoms with Gasteiger partial charge in [0.2, 0.25) is 5.91 Å². The quantitative estimate of drug-likeness (QED) is 0.717. The van der Waals surface area contributed by atoms with Crippen molar-refractivity contribution in [3.05, 3.63) is 23.8 Å². The maximum atomic E-state index is 12.9. The first kappa shape index (κ1) is 20.5. The van der Waals surface area contributed by atoms with Crippen LogP contribution in [0.1, 0.15) is 31.7 Å². The van der Waals surface area contributed by atoms with E-state index in [0.29, 0.717) is 45.6 Å². The summed E-state index contributed by atoms with van der Waals surface area (Å²) in [4.78, 5) is 28.5. The minimum absolute atomic E-state index is 0.0486. The van der Waals surface area contributed by atoms with Crippen LogP contribution in [0.3, 0.4) is 0 Å². The summed E-state index contributed by atoms with van der Waals surface area (Å²) in [7, 11) is 3.06. The van der Waals surface area contributed by atoms with Gasteiger partial charge < -0.3 is 19.1 Å². The third-order valence-electron chi connectivity index (χ3n) is 5.61. The van der Waals surface area contributed by atoms with E-state index in [1.807, 2.05) is 23.1 Å². The molecule has 2 aliphatic heterocycles. The van der Waals surface area contributed by atoms with Crippen LogP contribution in [0.15, 0.2) is 18.2 Å². The van der Waals surface area contributed by atoms with E-state index in [0.717, 1.165) is 23.5 Å². The van der Waals surface area contributed by atoms with Crippen LogP contribution < -0.4 is 9.47 Å². The molecule has 1 fully saturated rings. The lowest BCUT2D eigenvalue weighted by Gasteiger charge is -2.32. The van der Waals surface area contributed by atoms with E-state index in [-0.39, 0.29) is 23.9 Å². The van der Waals surface area contributed by atoms with Gasteiger partial charge >= 0.3 is 5.97 Å². The SMILES string of the molecule is CC[C@H]1CN(CC(=O)N2CCC(C(=O)OC)CC2)Cc2cc(OC)ccc2O1. The molecule has 0 spiro atoms. The molecule has 1 saturated heterocycles. The monoisotopic (exact) mass is 390 g/mol. The van der Waals surface area contributed by atoms with Gasteiger partial charge in [0.25, 0.3) is 0 Å². The molecule has 1 aromatic carbocycles. The summed E-state index contributed by atoms with van der Waals surface area (Å²) in [6.45, 7) is 5.00. The first-order valence-corrected chi connectivity index (χ1v) is 9.95. The van der Waals surface area contributed by atoms with Crippen LogP contribution in [-0.4, -0.2) is 68.2 Å². The number of esters is 1. The number of ether oxygens (including phenoxy) is 3. The van der Waals surface area contributed by atoms with E-state index in [1.54, 1.807) is 7.11 Å². The number of carbonyl (C=O) groups excluding carboxylic acids is 2. The smallest absolute Gasteiger partial charge is 0.308 e. The molecule has 0 aromatic heterocycles. The number of rotatable bonds is 5. The summed E-state index contributed by atoms with van der Waals surface area (Å²) < 4.78 is 16.3. The second-order valence-corrected chi connectivity index (χ2v) is 7.47. The van der Waals surface area contributed by atoms with Gasteiger partial charge in [0.05, 0.1) is 26.7 Å². The van der Waals surface area contributed by atoms with Crippen molar-refractivity contribution in [3.63, 3.8) is 0 Å². The van der Waals surface area contributed by atoms with Gasteiger partial charge in [-0.05, 0) is 37.5 Å². The highest BCUT2D eigenvalue weighted by Gasteiger charge is 2.30. The van der Waals surface area contributed by atoms with Crippen molar-refractivity contribution in [1.82, 2.24) is 9.80 Å². The van der Waals surface area contributed by atoms with Gasteiger partial charge in [-0.1, -0.05) is 6.92 Å². The number of benzene rings is 1. The van der Waals surface area contributed by atoms with E-state index in [1.165, 1.54) is 7.11 Å². The van der Waals surface area contributed by atoms with Crippen molar-refractivity contribution in [2.75, 3.05) is 40.4 Å². The predicted molar refractivity (Wildman–Crippen MR) is 104 cm³/mol. The van der Waals surface area contributed by atoms with Crippen molar-refractivity contribution >= 4 is 11.9 Å².